The Kier molecular flexibility index (Phi) is 3.09. The van der Waals surface area contributed by atoms with Gasteiger partial charge in [-0.05, 0) is 36.8 Å². The van der Waals surface area contributed by atoms with Crippen LogP contribution in [0.1, 0.15) is 15.9 Å². The lowest BCUT2D eigenvalue weighted by atomic mass is 10.2. The van der Waals surface area contributed by atoms with Gasteiger partial charge in [-0.2, -0.15) is 0 Å². The van der Waals surface area contributed by atoms with E-state index in [0.29, 0.717) is 5.56 Å². The summed E-state index contributed by atoms with van der Waals surface area (Å²) in [4.78, 5) is 19.6. The lowest BCUT2D eigenvalue weighted by molar-refractivity contribution is 0.112. The number of para-hydroxylation sites is 2. The van der Waals surface area contributed by atoms with Gasteiger partial charge < -0.3 is 4.98 Å². The van der Waals surface area contributed by atoms with Crippen molar-refractivity contribution in [3.63, 3.8) is 0 Å². The van der Waals surface area contributed by atoms with Crippen molar-refractivity contribution < 1.29 is 4.79 Å². The number of carbonyl (C=O) groups is 1. The Morgan fingerprint density at radius 3 is 2.79 bits per heavy atom. The van der Waals surface area contributed by atoms with Crippen LogP contribution in [0.25, 0.3) is 11.0 Å². The van der Waals surface area contributed by atoms with Crippen molar-refractivity contribution in [2.45, 2.75) is 17.0 Å². The lowest BCUT2D eigenvalue weighted by Gasteiger charge is -2.03. The third-order valence-corrected chi connectivity index (χ3v) is 3.97. The number of hydrogen-bond acceptors (Lipinski definition) is 3. The first kappa shape index (κ1) is 12.0. The summed E-state index contributed by atoms with van der Waals surface area (Å²) in [6, 6.07) is 13.6. The van der Waals surface area contributed by atoms with E-state index in [0.717, 1.165) is 32.9 Å². The first-order valence-electron chi connectivity index (χ1n) is 5.95. The lowest BCUT2D eigenvalue weighted by Crippen LogP contribution is -1.85. The molecule has 0 aliphatic carbocycles. The summed E-state index contributed by atoms with van der Waals surface area (Å²) in [5, 5.41) is 0.864. The molecule has 0 spiro atoms. The molecule has 94 valence electrons. The number of aryl methyl sites for hydroxylation is 1. The molecule has 4 heteroatoms. The van der Waals surface area contributed by atoms with Gasteiger partial charge in [0.15, 0.2) is 5.16 Å². The highest BCUT2D eigenvalue weighted by molar-refractivity contribution is 7.99. The van der Waals surface area contributed by atoms with Crippen LogP contribution >= 0.6 is 11.8 Å². The highest BCUT2D eigenvalue weighted by atomic mass is 32.2. The van der Waals surface area contributed by atoms with Crippen LogP contribution in [0.2, 0.25) is 0 Å². The van der Waals surface area contributed by atoms with Crippen molar-refractivity contribution in [3.8, 4) is 0 Å². The monoisotopic (exact) mass is 268 g/mol. The molecule has 1 heterocycles. The fraction of sp³-hybridized carbons (Fsp3) is 0.0667. The topological polar surface area (TPSA) is 45.8 Å². The molecule has 0 saturated carbocycles. The van der Waals surface area contributed by atoms with Gasteiger partial charge in [0.1, 0.15) is 6.29 Å². The number of H-pyrrole nitrogens is 1. The smallest absolute Gasteiger partial charge is 0.171 e. The molecule has 0 aliphatic rings. The number of fused-ring (bicyclic) bond motifs is 1. The summed E-state index contributed by atoms with van der Waals surface area (Å²) in [6.07, 6.45) is 0.864. The molecule has 1 aromatic heterocycles. The molecule has 19 heavy (non-hydrogen) atoms. The minimum absolute atomic E-state index is 0.700. The Bertz CT molecular complexity index is 716. The maximum absolute atomic E-state index is 10.7. The second-order valence-corrected chi connectivity index (χ2v) is 5.33. The Balaban J connectivity index is 1.94. The molecule has 0 bridgehead atoms. The molecule has 3 rings (SSSR count). The summed E-state index contributed by atoms with van der Waals surface area (Å²) in [6.45, 7) is 2.00. The van der Waals surface area contributed by atoms with Crippen molar-refractivity contribution in [1.29, 1.82) is 0 Å². The molecule has 0 unspecified atom stereocenters. The largest absolute Gasteiger partial charge is 0.333 e. The predicted molar refractivity (Wildman–Crippen MR) is 76.8 cm³/mol. The number of rotatable bonds is 3. The first-order valence-corrected chi connectivity index (χ1v) is 6.76. The molecule has 3 nitrogen and oxygen atoms in total. The average molecular weight is 268 g/mol. The van der Waals surface area contributed by atoms with Gasteiger partial charge in [-0.25, -0.2) is 4.98 Å². The second kappa shape index (κ2) is 4.90. The molecular formula is C15H12N2OS. The number of aromatic amines is 1. The van der Waals surface area contributed by atoms with Crippen LogP contribution < -0.4 is 0 Å². The minimum Gasteiger partial charge on any atom is -0.333 e. The highest BCUT2D eigenvalue weighted by Gasteiger charge is 2.06. The normalized spacial score (nSPS) is 10.8. The van der Waals surface area contributed by atoms with E-state index in [-0.39, 0.29) is 0 Å². The van der Waals surface area contributed by atoms with Gasteiger partial charge in [-0.3, -0.25) is 4.79 Å². The zero-order valence-corrected chi connectivity index (χ0v) is 11.2. The van der Waals surface area contributed by atoms with E-state index >= 15 is 0 Å². The van der Waals surface area contributed by atoms with Gasteiger partial charge in [-0.15, -0.1) is 0 Å². The first-order chi connectivity index (χ1) is 9.26. The van der Waals surface area contributed by atoms with E-state index in [1.165, 1.54) is 0 Å². The van der Waals surface area contributed by atoms with Gasteiger partial charge in [0.2, 0.25) is 0 Å². The molecule has 0 fully saturated rings. The summed E-state index contributed by atoms with van der Waals surface area (Å²) in [5.74, 6) is 0. The number of hydrogen-bond donors (Lipinski definition) is 1. The molecule has 3 aromatic rings. The van der Waals surface area contributed by atoms with Crippen molar-refractivity contribution >= 4 is 29.1 Å². The maximum atomic E-state index is 10.7. The van der Waals surface area contributed by atoms with Crippen LogP contribution in [-0.2, 0) is 0 Å². The van der Waals surface area contributed by atoms with Crippen LogP contribution in [0.3, 0.4) is 0 Å². The molecule has 2 aromatic carbocycles. The van der Waals surface area contributed by atoms with Crippen molar-refractivity contribution in [1.82, 2.24) is 9.97 Å². The molecule has 0 amide bonds. The quantitative estimate of drug-likeness (QED) is 0.734. The zero-order chi connectivity index (χ0) is 13.2. The van der Waals surface area contributed by atoms with E-state index in [2.05, 4.69) is 9.97 Å². The highest BCUT2D eigenvalue weighted by Crippen LogP contribution is 2.29. The van der Waals surface area contributed by atoms with E-state index in [1.807, 2.05) is 49.4 Å². The van der Waals surface area contributed by atoms with E-state index in [1.54, 1.807) is 11.8 Å². The van der Waals surface area contributed by atoms with Crippen molar-refractivity contribution in [3.05, 3.63) is 53.6 Å². The van der Waals surface area contributed by atoms with Crippen LogP contribution in [0.15, 0.2) is 52.5 Å². The summed E-state index contributed by atoms with van der Waals surface area (Å²) in [5.41, 5.74) is 3.78. The number of carbonyl (C=O) groups excluding carboxylic acids is 1. The van der Waals surface area contributed by atoms with Crippen LogP contribution in [-0.4, -0.2) is 16.3 Å². The van der Waals surface area contributed by atoms with Gasteiger partial charge in [0, 0.05) is 10.5 Å². The fourth-order valence-electron chi connectivity index (χ4n) is 1.94. The van der Waals surface area contributed by atoms with E-state index < -0.39 is 0 Å². The number of imidazole rings is 1. The number of aldehydes is 1. The minimum atomic E-state index is 0.700. The van der Waals surface area contributed by atoms with E-state index in [4.69, 9.17) is 0 Å². The molecule has 0 atom stereocenters. The summed E-state index contributed by atoms with van der Waals surface area (Å²) >= 11 is 1.58. The Morgan fingerprint density at radius 2 is 2.05 bits per heavy atom. The number of nitrogens with zero attached hydrogens (tertiary/aromatic N) is 1. The van der Waals surface area contributed by atoms with Gasteiger partial charge in [0.05, 0.1) is 11.0 Å². The number of aromatic nitrogens is 2. The van der Waals surface area contributed by atoms with E-state index in [9.17, 15) is 4.79 Å². The molecule has 0 saturated heterocycles. The molecular weight excluding hydrogens is 256 g/mol. The molecule has 0 radical (unpaired) electrons. The maximum Gasteiger partial charge on any atom is 0.171 e. The third kappa shape index (κ3) is 2.39. The standard InChI is InChI=1S/C15H12N2OS/c1-10-8-11(9-18)6-7-14(10)19-15-16-12-4-2-3-5-13(12)17-15/h2-9H,1H3,(H,16,17). The Hall–Kier alpha value is -2.07. The predicted octanol–water partition coefficient (Wildman–Crippen LogP) is 3.84. The summed E-state index contributed by atoms with van der Waals surface area (Å²) < 4.78 is 0. The molecule has 0 aliphatic heterocycles. The van der Waals surface area contributed by atoms with Gasteiger partial charge in [-0.1, -0.05) is 30.0 Å². The number of benzene rings is 2. The average Bonchev–Trinajstić information content (AvgIpc) is 2.83. The van der Waals surface area contributed by atoms with Crippen LogP contribution in [0.5, 0.6) is 0 Å². The van der Waals surface area contributed by atoms with Gasteiger partial charge >= 0.3 is 0 Å². The number of nitrogens with one attached hydrogen (secondary N) is 1. The Morgan fingerprint density at radius 1 is 1.21 bits per heavy atom. The fourth-order valence-corrected chi connectivity index (χ4v) is 2.81. The van der Waals surface area contributed by atoms with Crippen molar-refractivity contribution in [2.75, 3.05) is 0 Å². The van der Waals surface area contributed by atoms with Crippen LogP contribution in [0, 0.1) is 6.92 Å². The third-order valence-electron chi connectivity index (χ3n) is 2.91. The van der Waals surface area contributed by atoms with Crippen LogP contribution in [0.4, 0.5) is 0 Å². The van der Waals surface area contributed by atoms with Crippen molar-refractivity contribution in [2.24, 2.45) is 0 Å². The second-order valence-electron chi connectivity index (χ2n) is 4.30. The Labute approximate surface area is 115 Å². The summed E-state index contributed by atoms with van der Waals surface area (Å²) in [7, 11) is 0. The van der Waals surface area contributed by atoms with Gasteiger partial charge in [0.25, 0.3) is 0 Å². The molecule has 1 N–H and O–H groups in total. The zero-order valence-electron chi connectivity index (χ0n) is 10.4. The SMILES string of the molecule is Cc1cc(C=O)ccc1Sc1nc2ccccc2[nH]1.